The van der Waals surface area contributed by atoms with Crippen molar-refractivity contribution in [2.45, 2.75) is 95.2 Å². The van der Waals surface area contributed by atoms with Crippen molar-refractivity contribution in [2.75, 3.05) is 7.11 Å². The van der Waals surface area contributed by atoms with E-state index in [0.717, 1.165) is 38.5 Å². The Morgan fingerprint density at radius 2 is 1.89 bits per heavy atom. The Balaban J connectivity index is 1.50. The van der Waals surface area contributed by atoms with Crippen LogP contribution < -0.4 is 0 Å². The predicted octanol–water partition coefficient (Wildman–Crippen LogP) is 3.33. The summed E-state index contributed by atoms with van der Waals surface area (Å²) in [4.78, 5) is 17.5. The molecule has 1 spiro atoms. The first kappa shape index (κ1) is 18.3. The van der Waals surface area contributed by atoms with Crippen LogP contribution in [-0.4, -0.2) is 47.3 Å². The molecule has 0 aromatic carbocycles. The smallest absolute Gasteiger partial charge is 0.311 e. The molecule has 0 aromatic heterocycles. The average Bonchev–Trinajstić information content (AvgIpc) is 3.51. The fourth-order valence-corrected chi connectivity index (χ4v) is 7.90. The van der Waals surface area contributed by atoms with Crippen molar-refractivity contribution in [3.63, 3.8) is 0 Å². The third-order valence-electron chi connectivity index (χ3n) is 9.33. The molecule has 2 saturated heterocycles. The molecular weight excluding hydrogens is 348 g/mol. The minimum absolute atomic E-state index is 0.0278. The molecular formula is C21H32O6. The zero-order valence-electron chi connectivity index (χ0n) is 17.0. The van der Waals surface area contributed by atoms with Gasteiger partial charge in [-0.05, 0) is 70.1 Å². The van der Waals surface area contributed by atoms with Crippen molar-refractivity contribution < 1.29 is 29.1 Å². The maximum absolute atomic E-state index is 12.7. The number of epoxide rings is 2. The van der Waals surface area contributed by atoms with E-state index in [0.29, 0.717) is 11.8 Å². The van der Waals surface area contributed by atoms with Gasteiger partial charge in [0.25, 0.3) is 0 Å². The number of carbonyl (C=O) groups is 1. The van der Waals surface area contributed by atoms with Crippen molar-refractivity contribution in [3.05, 3.63) is 0 Å². The van der Waals surface area contributed by atoms with Gasteiger partial charge in [-0.25, -0.2) is 4.89 Å². The molecule has 0 amide bonds. The second-order valence-electron chi connectivity index (χ2n) is 10.6. The van der Waals surface area contributed by atoms with Crippen LogP contribution in [-0.2, 0) is 23.9 Å². The van der Waals surface area contributed by atoms with Crippen LogP contribution in [0.5, 0.6) is 0 Å². The Morgan fingerprint density at radius 1 is 1.15 bits per heavy atom. The monoisotopic (exact) mass is 380 g/mol. The van der Waals surface area contributed by atoms with Gasteiger partial charge in [0.1, 0.15) is 17.3 Å². The fourth-order valence-electron chi connectivity index (χ4n) is 7.90. The second kappa shape index (κ2) is 5.07. The van der Waals surface area contributed by atoms with E-state index < -0.39 is 16.6 Å². The van der Waals surface area contributed by atoms with Crippen LogP contribution in [0, 0.1) is 22.7 Å². The van der Waals surface area contributed by atoms with Gasteiger partial charge in [-0.1, -0.05) is 13.3 Å². The highest BCUT2D eigenvalue weighted by molar-refractivity contribution is 5.77. The molecule has 5 rings (SSSR count). The van der Waals surface area contributed by atoms with Gasteiger partial charge in [0.05, 0.1) is 18.6 Å². The van der Waals surface area contributed by atoms with Crippen molar-refractivity contribution in [1.82, 2.24) is 0 Å². The molecule has 2 heterocycles. The van der Waals surface area contributed by atoms with Gasteiger partial charge >= 0.3 is 5.97 Å². The molecule has 0 radical (unpaired) electrons. The number of rotatable bonds is 3. The van der Waals surface area contributed by atoms with E-state index in [4.69, 9.17) is 19.1 Å². The van der Waals surface area contributed by atoms with E-state index >= 15 is 0 Å². The molecule has 3 aliphatic carbocycles. The maximum atomic E-state index is 12.7. The molecule has 3 saturated carbocycles. The van der Waals surface area contributed by atoms with Crippen molar-refractivity contribution in [1.29, 1.82) is 0 Å². The highest BCUT2D eigenvalue weighted by Gasteiger charge is 2.88. The summed E-state index contributed by atoms with van der Waals surface area (Å²) in [7, 11) is 1.51. The Hall–Kier alpha value is -0.690. The average molecular weight is 380 g/mol. The molecule has 1 N–H and O–H groups in total. The summed E-state index contributed by atoms with van der Waals surface area (Å²) in [6, 6.07) is 0. The third kappa shape index (κ3) is 1.89. The highest BCUT2D eigenvalue weighted by atomic mass is 17.1. The van der Waals surface area contributed by atoms with Gasteiger partial charge in [0, 0.05) is 0 Å². The fraction of sp³-hybridized carbons (Fsp3) is 0.952. The first-order valence-electron chi connectivity index (χ1n) is 10.4. The number of methoxy groups -OCH3 is 1. The van der Waals surface area contributed by atoms with E-state index in [-0.39, 0.29) is 29.2 Å². The molecule has 8 atom stereocenters. The van der Waals surface area contributed by atoms with Gasteiger partial charge in [-0.3, -0.25) is 10.1 Å². The van der Waals surface area contributed by atoms with Crippen LogP contribution in [0.1, 0.15) is 66.2 Å². The van der Waals surface area contributed by atoms with Gasteiger partial charge in [0.15, 0.2) is 5.60 Å². The molecule has 5 fully saturated rings. The summed E-state index contributed by atoms with van der Waals surface area (Å²) < 4.78 is 17.9. The normalized spacial score (nSPS) is 55.5. The SMILES string of the molecule is COC(=O)[C@@]1(C)CCC[C@]2(C)[C@H]3C[C@@H]4O[C@]4(C(C)(C)OO)[C@@H]4O[C@]34CC[C@H]21. The summed E-state index contributed by atoms with van der Waals surface area (Å²) in [5.74, 6) is 0.610. The molecule has 6 nitrogen and oxygen atoms in total. The summed E-state index contributed by atoms with van der Waals surface area (Å²) >= 11 is 0. The maximum Gasteiger partial charge on any atom is 0.311 e. The Kier molecular flexibility index (Phi) is 3.45. The van der Waals surface area contributed by atoms with E-state index in [2.05, 4.69) is 13.8 Å². The van der Waals surface area contributed by atoms with Crippen molar-refractivity contribution >= 4 is 5.97 Å². The van der Waals surface area contributed by atoms with E-state index in [1.165, 1.54) is 7.11 Å². The third-order valence-corrected chi connectivity index (χ3v) is 9.33. The van der Waals surface area contributed by atoms with Crippen LogP contribution in [0.4, 0.5) is 0 Å². The molecule has 6 heteroatoms. The summed E-state index contributed by atoms with van der Waals surface area (Å²) in [6.07, 6.45) is 5.90. The molecule has 0 bridgehead atoms. The van der Waals surface area contributed by atoms with Crippen molar-refractivity contribution in [3.8, 4) is 0 Å². The number of hydrogen-bond donors (Lipinski definition) is 1. The number of hydrogen-bond acceptors (Lipinski definition) is 6. The summed E-state index contributed by atoms with van der Waals surface area (Å²) in [5.41, 5.74) is -1.90. The minimum Gasteiger partial charge on any atom is -0.469 e. The standard InChI is InChI=1S/C21H32O6/c1-17(2,27-23)21-14(25-21)11-13-18(3)8-6-9-19(4,16(22)24-5)12(18)7-10-20(13)15(21)26-20/h12-15,23H,6-11H2,1-5H3/t12-,13-,14+,15-,18+,19+,20-,21+/m1/s1. The van der Waals surface area contributed by atoms with Gasteiger partial charge in [0.2, 0.25) is 0 Å². The zero-order chi connectivity index (χ0) is 19.5. The van der Waals surface area contributed by atoms with Crippen LogP contribution in [0.25, 0.3) is 0 Å². The molecule has 0 aromatic rings. The first-order chi connectivity index (χ1) is 12.6. The Bertz CT molecular complexity index is 692. The van der Waals surface area contributed by atoms with E-state index in [1.807, 2.05) is 13.8 Å². The topological polar surface area (TPSA) is 80.8 Å². The molecule has 2 aliphatic heterocycles. The van der Waals surface area contributed by atoms with Gasteiger partial charge in [-0.15, -0.1) is 0 Å². The zero-order valence-corrected chi connectivity index (χ0v) is 17.0. The second-order valence-corrected chi connectivity index (χ2v) is 10.6. The minimum atomic E-state index is -0.790. The number of fused-ring (bicyclic) bond motifs is 4. The van der Waals surface area contributed by atoms with E-state index in [9.17, 15) is 10.1 Å². The summed E-state index contributed by atoms with van der Waals surface area (Å²) in [6.45, 7) is 8.23. The molecule has 5 aliphatic rings. The van der Waals surface area contributed by atoms with Crippen LogP contribution in [0.15, 0.2) is 0 Å². The lowest BCUT2D eigenvalue weighted by Gasteiger charge is -2.59. The Labute approximate surface area is 160 Å². The van der Waals surface area contributed by atoms with Gasteiger partial charge < -0.3 is 14.2 Å². The van der Waals surface area contributed by atoms with Gasteiger partial charge in [-0.2, -0.15) is 0 Å². The van der Waals surface area contributed by atoms with Crippen molar-refractivity contribution in [2.24, 2.45) is 22.7 Å². The quantitative estimate of drug-likeness (QED) is 0.350. The van der Waals surface area contributed by atoms with Crippen LogP contribution >= 0.6 is 0 Å². The number of carbonyl (C=O) groups excluding carboxylic acids is 1. The molecule has 152 valence electrons. The number of esters is 1. The lowest BCUT2D eigenvalue weighted by atomic mass is 9.43. The lowest BCUT2D eigenvalue weighted by molar-refractivity contribution is -0.330. The Morgan fingerprint density at radius 3 is 2.56 bits per heavy atom. The number of ether oxygens (including phenoxy) is 3. The highest BCUT2D eigenvalue weighted by Crippen LogP contribution is 2.77. The summed E-state index contributed by atoms with van der Waals surface area (Å²) in [5, 5.41) is 9.48. The predicted molar refractivity (Wildman–Crippen MR) is 95.9 cm³/mol. The lowest BCUT2D eigenvalue weighted by Crippen LogP contribution is -2.62. The first-order valence-corrected chi connectivity index (χ1v) is 10.4. The van der Waals surface area contributed by atoms with E-state index in [1.54, 1.807) is 0 Å². The molecule has 27 heavy (non-hydrogen) atoms. The van der Waals surface area contributed by atoms with Crippen LogP contribution in [0.3, 0.4) is 0 Å². The largest absolute Gasteiger partial charge is 0.469 e. The molecule has 0 unspecified atom stereocenters. The van der Waals surface area contributed by atoms with Crippen LogP contribution in [0.2, 0.25) is 0 Å².